The lowest BCUT2D eigenvalue weighted by Crippen LogP contribution is -1.95. The van der Waals surface area contributed by atoms with Crippen molar-refractivity contribution in [3.05, 3.63) is 39.8 Å². The number of rotatable bonds is 3. The van der Waals surface area contributed by atoms with E-state index in [1.807, 2.05) is 0 Å². The van der Waals surface area contributed by atoms with Gasteiger partial charge in [-0.3, -0.25) is 0 Å². The van der Waals surface area contributed by atoms with Gasteiger partial charge < -0.3 is 4.74 Å². The molecule has 0 fully saturated rings. The van der Waals surface area contributed by atoms with E-state index in [9.17, 15) is 8.78 Å². The highest BCUT2D eigenvalue weighted by molar-refractivity contribution is 5.30. The Hall–Kier alpha value is -1.81. The maximum absolute atomic E-state index is 13.1. The van der Waals surface area contributed by atoms with Gasteiger partial charge in [-0.2, -0.15) is 0 Å². The summed E-state index contributed by atoms with van der Waals surface area (Å²) < 4.78 is 30.9. The monoisotopic (exact) mass is 199 g/mol. The topological polar surface area (TPSA) is 58.0 Å². The van der Waals surface area contributed by atoms with Gasteiger partial charge in [0.15, 0.2) is 0 Å². The van der Waals surface area contributed by atoms with Gasteiger partial charge >= 0.3 is 0 Å². The van der Waals surface area contributed by atoms with Crippen LogP contribution in [0.25, 0.3) is 10.4 Å². The summed E-state index contributed by atoms with van der Waals surface area (Å²) >= 11 is 0. The summed E-state index contributed by atoms with van der Waals surface area (Å²) in [5.74, 6) is -1.48. The fraction of sp³-hybridized carbons (Fsp3) is 0.250. The summed E-state index contributed by atoms with van der Waals surface area (Å²) in [6, 6.07) is 2.07. The van der Waals surface area contributed by atoms with Gasteiger partial charge in [-0.25, -0.2) is 8.78 Å². The number of methoxy groups -OCH3 is 1. The molecule has 0 N–H and O–H groups in total. The lowest BCUT2D eigenvalue weighted by Gasteiger charge is -2.04. The van der Waals surface area contributed by atoms with Crippen molar-refractivity contribution in [2.45, 2.75) is 6.54 Å². The Labute approximate surface area is 78.7 Å². The van der Waals surface area contributed by atoms with Crippen molar-refractivity contribution in [3.8, 4) is 5.75 Å². The average Bonchev–Trinajstić information content (AvgIpc) is 2.16. The van der Waals surface area contributed by atoms with E-state index >= 15 is 0 Å². The first-order chi connectivity index (χ1) is 6.69. The first kappa shape index (κ1) is 10.3. The molecule has 1 aromatic carbocycles. The molecule has 6 heteroatoms. The van der Waals surface area contributed by atoms with E-state index in [0.717, 1.165) is 12.1 Å². The predicted octanol–water partition coefficient (Wildman–Crippen LogP) is 2.78. The van der Waals surface area contributed by atoms with Crippen molar-refractivity contribution in [2.75, 3.05) is 7.11 Å². The smallest absolute Gasteiger partial charge is 0.133 e. The quantitative estimate of drug-likeness (QED) is 0.419. The van der Waals surface area contributed by atoms with Crippen LogP contribution < -0.4 is 4.74 Å². The normalized spacial score (nSPS) is 9.36. The van der Waals surface area contributed by atoms with Crippen LogP contribution in [0.1, 0.15) is 5.56 Å². The molecule has 0 radical (unpaired) electrons. The van der Waals surface area contributed by atoms with Crippen molar-refractivity contribution < 1.29 is 13.5 Å². The summed E-state index contributed by atoms with van der Waals surface area (Å²) in [4.78, 5) is 2.42. The molecule has 1 rings (SSSR count). The van der Waals surface area contributed by atoms with E-state index in [2.05, 4.69) is 14.8 Å². The number of hydrogen-bond donors (Lipinski definition) is 0. The number of azide groups is 1. The largest absolute Gasteiger partial charge is 0.497 e. The Morgan fingerprint density at radius 1 is 1.43 bits per heavy atom. The molecule has 0 bridgehead atoms. The molecule has 0 atom stereocenters. The molecular weight excluding hydrogens is 192 g/mol. The molecule has 0 aliphatic heterocycles. The molecule has 1 aromatic rings. The third-order valence-electron chi connectivity index (χ3n) is 1.64. The third kappa shape index (κ3) is 2.11. The lowest BCUT2D eigenvalue weighted by molar-refractivity contribution is 0.405. The van der Waals surface area contributed by atoms with Gasteiger partial charge in [-0.1, -0.05) is 5.11 Å². The van der Waals surface area contributed by atoms with Crippen molar-refractivity contribution in [3.63, 3.8) is 0 Å². The number of benzene rings is 1. The second-order valence-electron chi connectivity index (χ2n) is 2.46. The van der Waals surface area contributed by atoms with Gasteiger partial charge in [0, 0.05) is 22.6 Å². The Balaban J connectivity index is 3.11. The maximum Gasteiger partial charge on any atom is 0.133 e. The third-order valence-corrected chi connectivity index (χ3v) is 1.64. The Bertz CT molecular complexity index is 365. The van der Waals surface area contributed by atoms with Crippen molar-refractivity contribution in [2.24, 2.45) is 5.11 Å². The summed E-state index contributed by atoms with van der Waals surface area (Å²) in [5, 5.41) is 3.08. The molecule has 74 valence electrons. The van der Waals surface area contributed by atoms with E-state index < -0.39 is 11.6 Å². The highest BCUT2D eigenvalue weighted by Gasteiger charge is 2.10. The molecule has 0 saturated heterocycles. The van der Waals surface area contributed by atoms with E-state index in [-0.39, 0.29) is 17.9 Å². The van der Waals surface area contributed by atoms with Crippen LogP contribution in [0, 0.1) is 11.6 Å². The van der Waals surface area contributed by atoms with Gasteiger partial charge in [-0.05, 0) is 5.53 Å². The molecule has 0 aliphatic rings. The number of hydrogen-bond acceptors (Lipinski definition) is 2. The zero-order valence-corrected chi connectivity index (χ0v) is 7.37. The predicted molar refractivity (Wildman–Crippen MR) is 45.8 cm³/mol. The number of halogens is 2. The van der Waals surface area contributed by atoms with E-state index in [4.69, 9.17) is 5.53 Å². The molecule has 0 aliphatic carbocycles. The van der Waals surface area contributed by atoms with Crippen molar-refractivity contribution in [1.82, 2.24) is 0 Å². The summed E-state index contributed by atoms with van der Waals surface area (Å²) in [6.07, 6.45) is 0. The fourth-order valence-corrected chi connectivity index (χ4v) is 0.951. The fourth-order valence-electron chi connectivity index (χ4n) is 0.951. The molecule has 0 spiro atoms. The van der Waals surface area contributed by atoms with Gasteiger partial charge in [0.1, 0.15) is 17.4 Å². The molecule has 4 nitrogen and oxygen atoms in total. The minimum Gasteiger partial charge on any atom is -0.497 e. The van der Waals surface area contributed by atoms with Crippen LogP contribution in [0.4, 0.5) is 8.78 Å². The first-order valence-electron chi connectivity index (χ1n) is 3.71. The van der Waals surface area contributed by atoms with E-state index in [0.29, 0.717) is 0 Å². The zero-order valence-electron chi connectivity index (χ0n) is 7.37. The van der Waals surface area contributed by atoms with E-state index in [1.165, 1.54) is 7.11 Å². The molecular formula is C8H7F2N3O. The molecule has 0 aromatic heterocycles. The maximum atomic E-state index is 13.1. The van der Waals surface area contributed by atoms with Crippen LogP contribution in [0.5, 0.6) is 5.75 Å². The van der Waals surface area contributed by atoms with Crippen LogP contribution in [-0.2, 0) is 6.54 Å². The van der Waals surface area contributed by atoms with Gasteiger partial charge in [0.25, 0.3) is 0 Å². The molecule has 0 unspecified atom stereocenters. The Kier molecular flexibility index (Phi) is 3.25. The summed E-state index contributed by atoms with van der Waals surface area (Å²) in [6.45, 7) is -0.349. The summed E-state index contributed by atoms with van der Waals surface area (Å²) in [5.41, 5.74) is 7.74. The van der Waals surface area contributed by atoms with E-state index in [1.54, 1.807) is 0 Å². The van der Waals surface area contributed by atoms with Crippen LogP contribution in [0.3, 0.4) is 0 Å². The number of ether oxygens (including phenoxy) is 1. The zero-order chi connectivity index (χ0) is 10.6. The van der Waals surface area contributed by atoms with Crippen LogP contribution in [-0.4, -0.2) is 7.11 Å². The van der Waals surface area contributed by atoms with Crippen molar-refractivity contribution in [1.29, 1.82) is 0 Å². The lowest BCUT2D eigenvalue weighted by atomic mass is 10.2. The van der Waals surface area contributed by atoms with Gasteiger partial charge in [0.05, 0.1) is 13.7 Å². The SMILES string of the molecule is COc1cc(F)c(CN=[N+]=[N-])c(F)c1. The highest BCUT2D eigenvalue weighted by Crippen LogP contribution is 2.20. The molecule has 0 amide bonds. The number of nitrogens with zero attached hydrogens (tertiary/aromatic N) is 3. The van der Waals surface area contributed by atoms with Crippen molar-refractivity contribution >= 4 is 0 Å². The molecule has 0 saturated carbocycles. The first-order valence-corrected chi connectivity index (χ1v) is 3.71. The highest BCUT2D eigenvalue weighted by atomic mass is 19.1. The molecule has 14 heavy (non-hydrogen) atoms. The molecule has 0 heterocycles. The minimum absolute atomic E-state index is 0.0877. The van der Waals surface area contributed by atoms with Gasteiger partial charge in [-0.15, -0.1) is 0 Å². The van der Waals surface area contributed by atoms with Crippen LogP contribution in [0.2, 0.25) is 0 Å². The van der Waals surface area contributed by atoms with Crippen LogP contribution in [0.15, 0.2) is 17.2 Å². The standard InChI is InChI=1S/C8H7F2N3O/c1-14-5-2-7(9)6(4-12-13-11)8(10)3-5/h2-3H,4H2,1H3. The summed E-state index contributed by atoms with van der Waals surface area (Å²) in [7, 11) is 1.31. The van der Waals surface area contributed by atoms with Gasteiger partial charge in [0.2, 0.25) is 0 Å². The Morgan fingerprint density at radius 3 is 2.43 bits per heavy atom. The second kappa shape index (κ2) is 4.43. The minimum atomic E-state index is -0.783. The Morgan fingerprint density at radius 2 is 2.00 bits per heavy atom. The average molecular weight is 199 g/mol. The van der Waals surface area contributed by atoms with Crippen LogP contribution >= 0.6 is 0 Å². The second-order valence-corrected chi connectivity index (χ2v) is 2.46.